The third-order valence-electron chi connectivity index (χ3n) is 3.67. The van der Waals surface area contributed by atoms with Gasteiger partial charge in [-0.15, -0.1) is 0 Å². The summed E-state index contributed by atoms with van der Waals surface area (Å²) in [6, 6.07) is 6.93. The highest BCUT2D eigenvalue weighted by Crippen LogP contribution is 2.46. The van der Waals surface area contributed by atoms with Gasteiger partial charge in [0, 0.05) is 16.5 Å². The first kappa shape index (κ1) is 16.6. The molecular weight excluding hydrogens is 375 g/mol. The molecule has 23 heavy (non-hydrogen) atoms. The van der Waals surface area contributed by atoms with Crippen molar-refractivity contribution in [2.45, 2.75) is 18.6 Å². The molecule has 1 aliphatic rings. The lowest BCUT2D eigenvalue weighted by Crippen LogP contribution is -2.30. The molecule has 0 bridgehead atoms. The summed E-state index contributed by atoms with van der Waals surface area (Å²) in [4.78, 5) is 8.77. The average molecular weight is 387 g/mol. The number of hydrogen-bond acceptors (Lipinski definition) is 4. The molecule has 0 amide bonds. The van der Waals surface area contributed by atoms with Crippen molar-refractivity contribution in [1.82, 2.24) is 9.97 Å². The van der Waals surface area contributed by atoms with Gasteiger partial charge in [-0.25, -0.2) is 9.19 Å². The molecule has 0 fully saturated rings. The number of aromatic nitrogens is 2. The number of pyridine rings is 2. The number of aliphatic hydroxyl groups is 1. The molecule has 2 aromatic heterocycles. The molecule has 120 valence electrons. The van der Waals surface area contributed by atoms with Crippen LogP contribution in [0.5, 0.6) is 0 Å². The maximum atomic E-state index is 11.9. The smallest absolute Gasteiger partial charge is 0.156 e. The van der Waals surface area contributed by atoms with E-state index in [1.807, 2.05) is 19.9 Å². The number of halogens is 2. The molecule has 0 radical (unpaired) electrons. The summed E-state index contributed by atoms with van der Waals surface area (Å²) in [5, 5.41) is 11.2. The Balaban J connectivity index is 2.40. The Morgan fingerprint density at radius 3 is 2.65 bits per heavy atom. The molecule has 0 aromatic carbocycles. The van der Waals surface area contributed by atoms with E-state index in [-0.39, 0.29) is 16.1 Å². The van der Waals surface area contributed by atoms with Crippen LogP contribution >= 0.6 is 23.2 Å². The highest BCUT2D eigenvalue weighted by atomic mass is 35.5. The predicted octanol–water partition coefficient (Wildman–Crippen LogP) is 4.16. The predicted molar refractivity (Wildman–Crippen MR) is 96.5 cm³/mol. The second-order valence-corrected chi connectivity index (χ2v) is 9.65. The van der Waals surface area contributed by atoms with Gasteiger partial charge in [0.15, 0.2) is 5.76 Å². The second kappa shape index (κ2) is 6.02. The highest BCUT2D eigenvalue weighted by Gasteiger charge is 2.39. The molecule has 0 spiro atoms. The van der Waals surface area contributed by atoms with E-state index in [0.717, 1.165) is 5.56 Å². The zero-order chi connectivity index (χ0) is 16.8. The summed E-state index contributed by atoms with van der Waals surface area (Å²) >= 11 is 12.1. The van der Waals surface area contributed by atoms with Gasteiger partial charge >= 0.3 is 0 Å². The topological polar surface area (TPSA) is 63.1 Å². The normalized spacial score (nSPS) is 19.4. The molecular formula is C15H12Cl2N2O2S2. The van der Waals surface area contributed by atoms with Crippen LogP contribution < -0.4 is 0 Å². The lowest BCUT2D eigenvalue weighted by Gasteiger charge is -2.34. The van der Waals surface area contributed by atoms with E-state index in [0.29, 0.717) is 26.4 Å². The molecule has 0 aliphatic carbocycles. The lowest BCUT2D eigenvalue weighted by atomic mass is 9.98. The van der Waals surface area contributed by atoms with E-state index < -0.39 is 14.2 Å². The molecule has 4 nitrogen and oxygen atoms in total. The van der Waals surface area contributed by atoms with Gasteiger partial charge in [0.2, 0.25) is 0 Å². The monoisotopic (exact) mass is 386 g/mol. The van der Waals surface area contributed by atoms with Crippen molar-refractivity contribution in [3.8, 4) is 0 Å². The van der Waals surface area contributed by atoms with Crippen LogP contribution in [0.25, 0.3) is 10.7 Å². The van der Waals surface area contributed by atoms with Crippen LogP contribution in [0.3, 0.4) is 0 Å². The molecule has 0 saturated carbocycles. The minimum Gasteiger partial charge on any atom is -0.505 e. The van der Waals surface area contributed by atoms with E-state index >= 15 is 0 Å². The van der Waals surface area contributed by atoms with Crippen molar-refractivity contribution in [2.24, 2.45) is 0 Å². The SMILES string of the molecule is CC1(C)c2cccnc2C(O)=C(c2ccc(Cl)nc2Cl)S1=S=O. The fourth-order valence-electron chi connectivity index (χ4n) is 2.56. The minimum absolute atomic E-state index is 0.0300. The summed E-state index contributed by atoms with van der Waals surface area (Å²) in [7, 11) is -0.427. The van der Waals surface area contributed by atoms with Crippen LogP contribution in [0.2, 0.25) is 10.3 Å². The van der Waals surface area contributed by atoms with Crippen LogP contribution in [0.15, 0.2) is 30.5 Å². The lowest BCUT2D eigenvalue weighted by molar-refractivity contribution is 0.507. The first-order valence-corrected chi connectivity index (χ1v) is 9.88. The Kier molecular flexibility index (Phi) is 4.35. The standard InChI is InChI=1S/C15H12Cl2N2O2S2/c1-15(2)9-4-3-7-18-11(9)12(20)13(23(15)22-21)8-5-6-10(16)19-14(8)17/h3-7,20H,1-2H3. The third-order valence-corrected chi connectivity index (χ3v) is 8.40. The van der Waals surface area contributed by atoms with Gasteiger partial charge in [-0.1, -0.05) is 29.3 Å². The van der Waals surface area contributed by atoms with Gasteiger partial charge in [-0.3, -0.25) is 4.98 Å². The number of aliphatic hydroxyl groups excluding tert-OH is 1. The average Bonchev–Trinajstić information content (AvgIpc) is 2.51. The number of nitrogens with zero attached hydrogens (tertiary/aromatic N) is 2. The summed E-state index contributed by atoms with van der Waals surface area (Å²) in [6.07, 6.45) is 1.61. The van der Waals surface area contributed by atoms with Crippen molar-refractivity contribution >= 4 is 53.5 Å². The van der Waals surface area contributed by atoms with E-state index in [1.165, 1.54) is 0 Å². The van der Waals surface area contributed by atoms with Gasteiger partial charge < -0.3 is 5.11 Å². The van der Waals surface area contributed by atoms with Crippen LogP contribution in [0.1, 0.15) is 30.7 Å². The Morgan fingerprint density at radius 1 is 1.26 bits per heavy atom. The molecule has 1 atom stereocenters. The number of fused-ring (bicyclic) bond motifs is 1. The Bertz CT molecular complexity index is 906. The molecule has 3 heterocycles. The second-order valence-electron chi connectivity index (χ2n) is 5.40. The molecule has 1 unspecified atom stereocenters. The number of hydrogen-bond donors (Lipinski definition) is 1. The van der Waals surface area contributed by atoms with Crippen LogP contribution in [-0.4, -0.2) is 19.3 Å². The van der Waals surface area contributed by atoms with Gasteiger partial charge in [-0.2, -0.15) is 0 Å². The van der Waals surface area contributed by atoms with Crippen molar-refractivity contribution in [2.75, 3.05) is 0 Å². The van der Waals surface area contributed by atoms with E-state index in [1.54, 1.807) is 24.4 Å². The Morgan fingerprint density at radius 2 is 2.00 bits per heavy atom. The van der Waals surface area contributed by atoms with Gasteiger partial charge in [-0.05, 0) is 47.1 Å². The van der Waals surface area contributed by atoms with Crippen LogP contribution in [-0.2, 0) is 24.4 Å². The van der Waals surface area contributed by atoms with Crippen LogP contribution in [0, 0.1) is 0 Å². The van der Waals surface area contributed by atoms with Crippen LogP contribution in [0.4, 0.5) is 0 Å². The molecule has 1 aliphatic heterocycles. The van der Waals surface area contributed by atoms with Crippen molar-refractivity contribution in [3.63, 3.8) is 0 Å². The van der Waals surface area contributed by atoms with Gasteiger partial charge in [0.1, 0.15) is 26.2 Å². The Hall–Kier alpha value is -1.21. The molecule has 1 N–H and O–H groups in total. The summed E-state index contributed by atoms with van der Waals surface area (Å²) in [5.74, 6) is -0.0300. The maximum Gasteiger partial charge on any atom is 0.156 e. The first-order valence-electron chi connectivity index (χ1n) is 6.64. The van der Waals surface area contributed by atoms with E-state index in [4.69, 9.17) is 23.2 Å². The summed E-state index contributed by atoms with van der Waals surface area (Å²) in [5.41, 5.74) is 1.81. The number of rotatable bonds is 1. The van der Waals surface area contributed by atoms with Crippen molar-refractivity contribution < 1.29 is 9.32 Å². The minimum atomic E-state index is -0.876. The molecule has 8 heteroatoms. The van der Waals surface area contributed by atoms with Crippen molar-refractivity contribution in [3.05, 3.63) is 57.6 Å². The maximum absolute atomic E-state index is 11.9. The van der Waals surface area contributed by atoms with Gasteiger partial charge in [0.05, 0.1) is 4.91 Å². The molecule has 2 aromatic rings. The quantitative estimate of drug-likeness (QED) is 0.747. The molecule has 0 saturated heterocycles. The third kappa shape index (κ3) is 2.63. The van der Waals surface area contributed by atoms with E-state index in [2.05, 4.69) is 9.97 Å². The fraction of sp³-hybridized carbons (Fsp3) is 0.200. The molecule has 3 rings (SSSR count). The summed E-state index contributed by atoms with van der Waals surface area (Å²) < 4.78 is 11.4. The largest absolute Gasteiger partial charge is 0.505 e. The van der Waals surface area contributed by atoms with E-state index in [9.17, 15) is 9.32 Å². The first-order chi connectivity index (χ1) is 10.9. The summed E-state index contributed by atoms with van der Waals surface area (Å²) in [6.45, 7) is 3.93. The van der Waals surface area contributed by atoms with Gasteiger partial charge in [0.25, 0.3) is 0 Å². The fourth-order valence-corrected chi connectivity index (χ4v) is 6.29. The zero-order valence-corrected chi connectivity index (χ0v) is 15.4. The zero-order valence-electron chi connectivity index (χ0n) is 12.2. The highest BCUT2D eigenvalue weighted by molar-refractivity contribution is 8.36. The Labute approximate surface area is 148 Å². The van der Waals surface area contributed by atoms with Crippen molar-refractivity contribution in [1.29, 1.82) is 0 Å².